The van der Waals surface area contributed by atoms with Crippen molar-refractivity contribution in [1.29, 1.82) is 0 Å². The molecule has 0 aliphatic heterocycles. The van der Waals surface area contributed by atoms with Crippen LogP contribution in [0.25, 0.3) is 10.9 Å². The van der Waals surface area contributed by atoms with Gasteiger partial charge in [-0.1, -0.05) is 0 Å². The Morgan fingerprint density at radius 3 is 2.76 bits per heavy atom. The molecule has 0 radical (unpaired) electrons. The molecule has 1 saturated carbocycles. The first-order valence-electron chi connectivity index (χ1n) is 6.98. The fourth-order valence-electron chi connectivity index (χ4n) is 2.52. The maximum absolute atomic E-state index is 12.0. The summed E-state index contributed by atoms with van der Waals surface area (Å²) in [5.41, 5.74) is 1.62. The van der Waals surface area contributed by atoms with E-state index in [1.807, 2.05) is 36.7 Å². The van der Waals surface area contributed by atoms with Gasteiger partial charge in [0.05, 0.1) is 23.5 Å². The number of carboxylic acid groups (broad SMARTS) is 1. The average molecular weight is 287 g/mol. The Morgan fingerprint density at radius 1 is 1.38 bits per heavy atom. The molecule has 0 saturated heterocycles. The highest BCUT2D eigenvalue weighted by atomic mass is 16.4. The van der Waals surface area contributed by atoms with Gasteiger partial charge in [0, 0.05) is 17.1 Å². The standard InChI is InChI=1S/C15H17N3O3/c1-8(2)18-13-5-10(4-3-9(13)7-16-18)17-14(19)11-6-12(11)15(20)21/h3-5,7-8,11-12H,6H2,1-2H3,(H,17,19)(H,20,21). The fourth-order valence-corrected chi connectivity index (χ4v) is 2.52. The molecule has 1 aromatic heterocycles. The second kappa shape index (κ2) is 4.87. The molecule has 0 bridgehead atoms. The van der Waals surface area contributed by atoms with E-state index in [9.17, 15) is 9.59 Å². The van der Waals surface area contributed by atoms with Gasteiger partial charge in [0.2, 0.25) is 5.91 Å². The summed E-state index contributed by atoms with van der Waals surface area (Å²) in [6.45, 7) is 4.08. The van der Waals surface area contributed by atoms with E-state index in [1.165, 1.54) is 0 Å². The van der Waals surface area contributed by atoms with Crippen LogP contribution in [-0.2, 0) is 9.59 Å². The summed E-state index contributed by atoms with van der Waals surface area (Å²) in [5, 5.41) is 17.0. The Hall–Kier alpha value is -2.37. The van der Waals surface area contributed by atoms with Crippen molar-refractivity contribution in [3.63, 3.8) is 0 Å². The summed E-state index contributed by atoms with van der Waals surface area (Å²) in [5.74, 6) is -2.07. The van der Waals surface area contributed by atoms with Gasteiger partial charge in [-0.05, 0) is 38.5 Å². The van der Waals surface area contributed by atoms with Crippen LogP contribution >= 0.6 is 0 Å². The van der Waals surface area contributed by atoms with Crippen LogP contribution in [0.2, 0.25) is 0 Å². The maximum atomic E-state index is 12.0. The first-order valence-corrected chi connectivity index (χ1v) is 6.98. The highest BCUT2D eigenvalue weighted by Crippen LogP contribution is 2.39. The van der Waals surface area contributed by atoms with Crippen molar-refractivity contribution in [3.8, 4) is 0 Å². The fraction of sp³-hybridized carbons (Fsp3) is 0.400. The number of hydrogen-bond donors (Lipinski definition) is 2. The van der Waals surface area contributed by atoms with Gasteiger partial charge in [-0.15, -0.1) is 0 Å². The van der Waals surface area contributed by atoms with Gasteiger partial charge in [0.1, 0.15) is 0 Å². The largest absolute Gasteiger partial charge is 0.481 e. The van der Waals surface area contributed by atoms with Crippen molar-refractivity contribution in [3.05, 3.63) is 24.4 Å². The van der Waals surface area contributed by atoms with Crippen molar-refractivity contribution in [1.82, 2.24) is 9.78 Å². The molecule has 1 aliphatic carbocycles. The molecule has 21 heavy (non-hydrogen) atoms. The first kappa shape index (κ1) is 13.6. The zero-order valence-electron chi connectivity index (χ0n) is 11.9. The zero-order valence-corrected chi connectivity index (χ0v) is 11.9. The van der Waals surface area contributed by atoms with Crippen LogP contribution < -0.4 is 5.32 Å². The topological polar surface area (TPSA) is 84.2 Å². The summed E-state index contributed by atoms with van der Waals surface area (Å²) in [4.78, 5) is 22.8. The third-order valence-electron chi connectivity index (χ3n) is 3.80. The van der Waals surface area contributed by atoms with Gasteiger partial charge < -0.3 is 10.4 Å². The minimum atomic E-state index is -0.900. The number of carboxylic acids is 1. The molecule has 2 atom stereocenters. The Bertz CT molecular complexity index is 720. The summed E-state index contributed by atoms with van der Waals surface area (Å²) >= 11 is 0. The molecule has 6 nitrogen and oxygen atoms in total. The molecule has 110 valence electrons. The van der Waals surface area contributed by atoms with E-state index in [-0.39, 0.29) is 11.9 Å². The lowest BCUT2D eigenvalue weighted by Crippen LogP contribution is -2.16. The van der Waals surface area contributed by atoms with Gasteiger partial charge in [-0.3, -0.25) is 14.3 Å². The van der Waals surface area contributed by atoms with Crippen molar-refractivity contribution in [2.45, 2.75) is 26.3 Å². The molecule has 0 spiro atoms. The van der Waals surface area contributed by atoms with Crippen LogP contribution in [0.1, 0.15) is 26.3 Å². The number of carbonyl (C=O) groups is 2. The Balaban J connectivity index is 1.80. The number of benzene rings is 1. The van der Waals surface area contributed by atoms with Crippen LogP contribution in [0, 0.1) is 11.8 Å². The van der Waals surface area contributed by atoms with Gasteiger partial charge >= 0.3 is 5.97 Å². The van der Waals surface area contributed by atoms with Gasteiger partial charge in [-0.25, -0.2) is 0 Å². The van der Waals surface area contributed by atoms with Gasteiger partial charge in [0.15, 0.2) is 0 Å². The van der Waals surface area contributed by atoms with Crippen LogP contribution in [0.3, 0.4) is 0 Å². The molecular weight excluding hydrogens is 270 g/mol. The van der Waals surface area contributed by atoms with E-state index in [0.717, 1.165) is 10.9 Å². The predicted molar refractivity (Wildman–Crippen MR) is 78.0 cm³/mol. The number of carbonyl (C=O) groups excluding carboxylic acids is 1. The van der Waals surface area contributed by atoms with Gasteiger partial charge in [0.25, 0.3) is 0 Å². The van der Waals surface area contributed by atoms with E-state index in [4.69, 9.17) is 5.11 Å². The number of rotatable bonds is 4. The lowest BCUT2D eigenvalue weighted by Gasteiger charge is -2.09. The van der Waals surface area contributed by atoms with Crippen LogP contribution in [-0.4, -0.2) is 26.8 Å². The van der Waals surface area contributed by atoms with Crippen LogP contribution in [0.4, 0.5) is 5.69 Å². The second-order valence-corrected chi connectivity index (χ2v) is 5.73. The summed E-state index contributed by atoms with van der Waals surface area (Å²) in [7, 11) is 0. The van der Waals surface area contributed by atoms with Crippen LogP contribution in [0.5, 0.6) is 0 Å². The number of aromatic nitrogens is 2. The lowest BCUT2D eigenvalue weighted by molar-refractivity contribution is -0.139. The molecule has 2 aromatic rings. The lowest BCUT2D eigenvalue weighted by atomic mass is 10.2. The van der Waals surface area contributed by atoms with Crippen molar-refractivity contribution in [2.75, 3.05) is 5.32 Å². The molecule has 3 rings (SSSR count). The molecule has 1 amide bonds. The number of hydrogen-bond acceptors (Lipinski definition) is 3. The van der Waals surface area contributed by atoms with Crippen molar-refractivity contribution < 1.29 is 14.7 Å². The molecule has 1 aromatic carbocycles. The first-order chi connectivity index (χ1) is 9.97. The van der Waals surface area contributed by atoms with Crippen LogP contribution in [0.15, 0.2) is 24.4 Å². The van der Waals surface area contributed by atoms with Crippen molar-refractivity contribution >= 4 is 28.5 Å². The summed E-state index contributed by atoms with van der Waals surface area (Å²) < 4.78 is 1.89. The highest BCUT2D eigenvalue weighted by molar-refractivity contribution is 5.99. The van der Waals surface area contributed by atoms with E-state index in [2.05, 4.69) is 10.4 Å². The summed E-state index contributed by atoms with van der Waals surface area (Å²) in [6.07, 6.45) is 2.22. The smallest absolute Gasteiger partial charge is 0.307 e. The Morgan fingerprint density at radius 2 is 2.14 bits per heavy atom. The SMILES string of the molecule is CC(C)n1ncc2ccc(NC(=O)C3CC3C(=O)O)cc21. The highest BCUT2D eigenvalue weighted by Gasteiger charge is 2.48. The molecule has 2 N–H and O–H groups in total. The Kier molecular flexibility index (Phi) is 3.16. The zero-order chi connectivity index (χ0) is 15.1. The molecule has 6 heteroatoms. The number of fused-ring (bicyclic) bond motifs is 1. The van der Waals surface area contributed by atoms with E-state index >= 15 is 0 Å². The predicted octanol–water partition coefficient (Wildman–Crippen LogP) is 2.28. The third kappa shape index (κ3) is 2.49. The van der Waals surface area contributed by atoms with E-state index in [1.54, 1.807) is 6.20 Å². The molecule has 1 heterocycles. The van der Waals surface area contributed by atoms with E-state index < -0.39 is 17.8 Å². The minimum Gasteiger partial charge on any atom is -0.481 e. The summed E-state index contributed by atoms with van der Waals surface area (Å²) in [6, 6.07) is 5.81. The minimum absolute atomic E-state index is 0.225. The molecule has 1 aliphatic rings. The number of aliphatic carboxylic acids is 1. The number of nitrogens with zero attached hydrogens (tertiary/aromatic N) is 2. The van der Waals surface area contributed by atoms with Crippen molar-refractivity contribution in [2.24, 2.45) is 11.8 Å². The van der Waals surface area contributed by atoms with Gasteiger partial charge in [-0.2, -0.15) is 5.10 Å². The molecule has 2 unspecified atom stereocenters. The monoisotopic (exact) mass is 287 g/mol. The second-order valence-electron chi connectivity index (χ2n) is 5.73. The quantitative estimate of drug-likeness (QED) is 0.903. The average Bonchev–Trinajstić information content (AvgIpc) is 3.12. The number of nitrogens with one attached hydrogen (secondary N) is 1. The maximum Gasteiger partial charge on any atom is 0.307 e. The number of anilines is 1. The normalized spacial score (nSPS) is 20.7. The number of amides is 1. The molecular formula is C15H17N3O3. The van der Waals surface area contributed by atoms with E-state index in [0.29, 0.717) is 12.1 Å². The Labute approximate surface area is 121 Å². The molecule has 1 fully saturated rings. The third-order valence-corrected chi connectivity index (χ3v) is 3.80.